The fourth-order valence-corrected chi connectivity index (χ4v) is 6.90. The van der Waals surface area contributed by atoms with Crippen LogP contribution in [0.3, 0.4) is 0 Å². The van der Waals surface area contributed by atoms with Gasteiger partial charge in [-0.25, -0.2) is 4.98 Å². The lowest BCUT2D eigenvalue weighted by Crippen LogP contribution is -2.38. The maximum Gasteiger partial charge on any atom is 0.251 e. The number of nitrogens with zero attached hydrogens (tertiary/aromatic N) is 1. The molecular weight excluding hydrogens is 593 g/mol. The number of aliphatic hydroxyl groups excluding tert-OH is 1. The quantitative estimate of drug-likeness (QED) is 0.125. The molecule has 1 aliphatic carbocycles. The molecule has 0 spiro atoms. The highest BCUT2D eigenvalue weighted by atomic mass is 32.1. The van der Waals surface area contributed by atoms with E-state index < -0.39 is 11.9 Å². The van der Waals surface area contributed by atoms with E-state index in [-0.39, 0.29) is 11.9 Å². The average molecular weight is 623 g/mol. The number of ketones is 1. The number of thiazole rings is 1. The predicted octanol–water partition coefficient (Wildman–Crippen LogP) is 6.48. The first-order valence-corrected chi connectivity index (χ1v) is 15.9. The van der Waals surface area contributed by atoms with Gasteiger partial charge in [-0.15, -0.1) is 11.3 Å². The van der Waals surface area contributed by atoms with Gasteiger partial charge in [0.25, 0.3) is 5.91 Å². The minimum atomic E-state index is -1.31. The summed E-state index contributed by atoms with van der Waals surface area (Å²) in [5.74, 6) is 5.94. The molecule has 0 radical (unpaired) electrons. The number of carbonyl (C=O) groups excluding carboxylic acids is 2. The van der Waals surface area contributed by atoms with E-state index in [0.717, 1.165) is 51.9 Å². The second-order valence-electron chi connectivity index (χ2n) is 11.3. The van der Waals surface area contributed by atoms with Gasteiger partial charge in [-0.05, 0) is 71.8 Å². The molecule has 6 aromatic rings. The number of benzene rings is 4. The van der Waals surface area contributed by atoms with Gasteiger partial charge in [-0.1, -0.05) is 66.4 Å². The van der Waals surface area contributed by atoms with Crippen molar-refractivity contribution in [1.29, 1.82) is 0 Å². The van der Waals surface area contributed by atoms with Gasteiger partial charge in [0, 0.05) is 56.9 Å². The molecule has 7 nitrogen and oxygen atoms in total. The molecule has 0 bridgehead atoms. The van der Waals surface area contributed by atoms with Crippen LogP contribution < -0.4 is 11.1 Å². The topological polar surface area (TPSA) is 121 Å². The standard InChI is InChI=1S/C38H30N4O3S/c39-38-42-31-18-17-29(22-33(31)46-38)41-37(45)27-13-10-23(11-14-27)9-12-25-7-4-8-30(36(44)35(43)26-5-2-1-3-6-26)34(25)28-16-15-24-19-20-40-32(24)21-28/h1-8,10-11,13-16,19-21,29,35,40,43H,17-18,22H2,(H2,39,42)(H,41,45). The second kappa shape index (κ2) is 12.5. The molecule has 0 saturated heterocycles. The first-order valence-electron chi connectivity index (χ1n) is 15.1. The SMILES string of the molecule is Nc1nc2c(s1)CC(NC(=O)c1ccc(C#Cc3cccc(C(=O)C(O)c4ccccc4)c3-c3ccc4cc[nH]c4c3)cc1)CC2. The maximum atomic E-state index is 13.7. The lowest BCUT2D eigenvalue weighted by Gasteiger charge is -2.22. The largest absolute Gasteiger partial charge is 0.380 e. The van der Waals surface area contributed by atoms with Gasteiger partial charge in [-0.3, -0.25) is 9.59 Å². The van der Waals surface area contributed by atoms with E-state index in [2.05, 4.69) is 27.1 Å². The Hall–Kier alpha value is -5.49. The Bertz CT molecular complexity index is 2140. The van der Waals surface area contributed by atoms with Crippen LogP contribution in [0, 0.1) is 11.8 Å². The van der Waals surface area contributed by atoms with Gasteiger partial charge in [0.1, 0.15) is 6.10 Å². The summed E-state index contributed by atoms with van der Waals surface area (Å²) in [6.45, 7) is 0. The first-order chi connectivity index (χ1) is 22.4. The highest BCUT2D eigenvalue weighted by Crippen LogP contribution is 2.33. The summed E-state index contributed by atoms with van der Waals surface area (Å²) in [5.41, 5.74) is 12.2. The lowest BCUT2D eigenvalue weighted by atomic mass is 9.89. The summed E-state index contributed by atoms with van der Waals surface area (Å²) in [6, 6.07) is 29.5. The third kappa shape index (κ3) is 5.94. The number of H-pyrrole nitrogens is 1. The highest BCUT2D eigenvalue weighted by Gasteiger charge is 2.25. The van der Waals surface area contributed by atoms with Crippen molar-refractivity contribution in [1.82, 2.24) is 15.3 Å². The molecule has 7 rings (SSSR count). The Morgan fingerprint density at radius 3 is 2.63 bits per heavy atom. The van der Waals surface area contributed by atoms with Crippen molar-refractivity contribution < 1.29 is 14.7 Å². The molecule has 2 heterocycles. The van der Waals surface area contributed by atoms with Crippen molar-refractivity contribution in [3.63, 3.8) is 0 Å². The number of amides is 1. The van der Waals surface area contributed by atoms with Crippen LogP contribution in [0.15, 0.2) is 103 Å². The Morgan fingerprint density at radius 1 is 0.978 bits per heavy atom. The number of carbonyl (C=O) groups is 2. The van der Waals surface area contributed by atoms with Crippen molar-refractivity contribution in [2.24, 2.45) is 0 Å². The van der Waals surface area contributed by atoms with Crippen molar-refractivity contribution in [2.75, 3.05) is 5.73 Å². The van der Waals surface area contributed by atoms with Crippen molar-refractivity contribution in [3.8, 4) is 23.0 Å². The third-order valence-electron chi connectivity index (χ3n) is 8.32. The van der Waals surface area contributed by atoms with E-state index in [4.69, 9.17) is 5.73 Å². The van der Waals surface area contributed by atoms with Crippen LogP contribution in [0.2, 0.25) is 0 Å². The zero-order chi connectivity index (χ0) is 31.6. The molecule has 2 unspecified atom stereocenters. The number of fused-ring (bicyclic) bond motifs is 2. The number of aliphatic hydroxyl groups is 1. The summed E-state index contributed by atoms with van der Waals surface area (Å²) in [7, 11) is 0. The van der Waals surface area contributed by atoms with E-state index in [1.54, 1.807) is 48.5 Å². The van der Waals surface area contributed by atoms with Gasteiger partial charge in [0.2, 0.25) is 0 Å². The summed E-state index contributed by atoms with van der Waals surface area (Å²) < 4.78 is 0. The number of Topliss-reactive ketones (excluding diaryl/α,β-unsaturated/α-hetero) is 1. The van der Waals surface area contributed by atoms with E-state index in [9.17, 15) is 14.7 Å². The summed E-state index contributed by atoms with van der Waals surface area (Å²) in [5, 5.41) is 15.8. The van der Waals surface area contributed by atoms with E-state index in [1.807, 2.05) is 54.7 Å². The first kappa shape index (κ1) is 29.2. The number of rotatable bonds is 6. The summed E-state index contributed by atoms with van der Waals surface area (Å²) >= 11 is 1.49. The van der Waals surface area contributed by atoms with Gasteiger partial charge in [-0.2, -0.15) is 0 Å². The van der Waals surface area contributed by atoms with Crippen molar-refractivity contribution in [3.05, 3.63) is 142 Å². The van der Waals surface area contributed by atoms with Gasteiger partial charge >= 0.3 is 0 Å². The minimum absolute atomic E-state index is 0.0401. The highest BCUT2D eigenvalue weighted by molar-refractivity contribution is 7.15. The Balaban J connectivity index is 1.16. The molecule has 226 valence electrons. The number of hydrogen-bond donors (Lipinski definition) is 4. The Labute approximate surface area is 270 Å². The Morgan fingerprint density at radius 2 is 1.80 bits per heavy atom. The zero-order valence-electron chi connectivity index (χ0n) is 24.8. The third-order valence-corrected chi connectivity index (χ3v) is 9.27. The van der Waals surface area contributed by atoms with Crippen molar-refractivity contribution >= 4 is 39.1 Å². The number of aryl methyl sites for hydroxylation is 1. The molecule has 4 aromatic carbocycles. The monoisotopic (exact) mass is 622 g/mol. The predicted molar refractivity (Wildman–Crippen MR) is 182 cm³/mol. The summed E-state index contributed by atoms with van der Waals surface area (Å²) in [6.07, 6.45) is 2.93. The second-order valence-corrected chi connectivity index (χ2v) is 12.5. The van der Waals surface area contributed by atoms with E-state index in [1.165, 1.54) is 11.3 Å². The molecule has 5 N–H and O–H groups in total. The van der Waals surface area contributed by atoms with Crippen LogP contribution in [0.5, 0.6) is 0 Å². The molecule has 8 heteroatoms. The molecule has 1 amide bonds. The number of anilines is 1. The molecule has 0 saturated carbocycles. The molecule has 2 aromatic heterocycles. The van der Waals surface area contributed by atoms with Crippen LogP contribution in [-0.4, -0.2) is 32.8 Å². The maximum absolute atomic E-state index is 13.7. The molecule has 0 fully saturated rings. The average Bonchev–Trinajstić information content (AvgIpc) is 3.72. The fourth-order valence-electron chi connectivity index (χ4n) is 5.94. The zero-order valence-corrected chi connectivity index (χ0v) is 25.6. The number of nitrogens with two attached hydrogens (primary N) is 1. The number of hydrogen-bond acceptors (Lipinski definition) is 6. The molecule has 2 atom stereocenters. The molecule has 46 heavy (non-hydrogen) atoms. The number of aromatic amines is 1. The van der Waals surface area contributed by atoms with Gasteiger partial charge < -0.3 is 21.1 Å². The van der Waals surface area contributed by atoms with E-state index >= 15 is 0 Å². The Kier molecular flexibility index (Phi) is 7.93. The number of nitrogens with one attached hydrogen (secondary N) is 2. The minimum Gasteiger partial charge on any atom is -0.380 e. The van der Waals surface area contributed by atoms with E-state index in [0.29, 0.717) is 32.9 Å². The lowest BCUT2D eigenvalue weighted by molar-refractivity contribution is 0.0748. The van der Waals surface area contributed by atoms with Crippen LogP contribution >= 0.6 is 11.3 Å². The molecular formula is C38H30N4O3S. The van der Waals surface area contributed by atoms with Gasteiger partial charge in [0.05, 0.1) is 5.69 Å². The normalized spacial score (nSPS) is 14.6. The molecule has 1 aliphatic rings. The van der Waals surface area contributed by atoms with Crippen LogP contribution in [0.4, 0.5) is 5.13 Å². The number of nitrogen functional groups attached to an aromatic ring is 1. The van der Waals surface area contributed by atoms with Crippen LogP contribution in [0.1, 0.15) is 60.5 Å². The van der Waals surface area contributed by atoms with Crippen LogP contribution in [0.25, 0.3) is 22.0 Å². The molecule has 0 aliphatic heterocycles. The summed E-state index contributed by atoms with van der Waals surface area (Å²) in [4.78, 5) is 35.5. The van der Waals surface area contributed by atoms with Crippen molar-refractivity contribution in [2.45, 2.75) is 31.4 Å². The van der Waals surface area contributed by atoms with Crippen LogP contribution in [-0.2, 0) is 12.8 Å². The number of aromatic nitrogens is 2. The smallest absolute Gasteiger partial charge is 0.251 e. The fraction of sp³-hybridized carbons (Fsp3) is 0.132. The van der Waals surface area contributed by atoms with Gasteiger partial charge in [0.15, 0.2) is 10.9 Å².